The van der Waals surface area contributed by atoms with E-state index in [0.717, 1.165) is 18.4 Å². The van der Waals surface area contributed by atoms with E-state index in [9.17, 15) is 4.39 Å². The topological polar surface area (TPSA) is 35.2 Å². The summed E-state index contributed by atoms with van der Waals surface area (Å²) in [6, 6.07) is 5.08. The summed E-state index contributed by atoms with van der Waals surface area (Å²) in [5, 5.41) is 0. The Morgan fingerprint density at radius 1 is 1.50 bits per heavy atom. The van der Waals surface area contributed by atoms with E-state index in [1.54, 1.807) is 6.07 Å². The fourth-order valence-corrected chi connectivity index (χ4v) is 1.36. The molecule has 0 heterocycles. The molecule has 0 saturated heterocycles. The first-order valence-electron chi connectivity index (χ1n) is 4.72. The highest BCUT2D eigenvalue weighted by molar-refractivity contribution is 5.34. The Hall–Kier alpha value is -1.09. The van der Waals surface area contributed by atoms with Crippen molar-refractivity contribution in [1.82, 2.24) is 0 Å². The summed E-state index contributed by atoms with van der Waals surface area (Å²) in [6.45, 7) is 1.94. The molecule has 1 atom stereocenters. The van der Waals surface area contributed by atoms with Gasteiger partial charge in [-0.25, -0.2) is 4.39 Å². The molecule has 2 nitrogen and oxygen atoms in total. The lowest BCUT2D eigenvalue weighted by molar-refractivity contribution is 0.380. The van der Waals surface area contributed by atoms with Crippen LogP contribution >= 0.6 is 0 Å². The van der Waals surface area contributed by atoms with E-state index in [1.807, 2.05) is 13.0 Å². The van der Waals surface area contributed by atoms with Gasteiger partial charge in [0, 0.05) is 6.04 Å². The number of hydrogen-bond acceptors (Lipinski definition) is 2. The van der Waals surface area contributed by atoms with Gasteiger partial charge in [-0.15, -0.1) is 0 Å². The highest BCUT2D eigenvalue weighted by Crippen LogP contribution is 2.23. The number of nitrogens with two attached hydrogens (primary N) is 1. The summed E-state index contributed by atoms with van der Waals surface area (Å²) in [6.07, 6.45) is 1.58. The number of methoxy groups -OCH3 is 1. The second-order valence-electron chi connectivity index (χ2n) is 3.45. The van der Waals surface area contributed by atoms with Crippen LogP contribution in [0, 0.1) is 5.82 Å². The molecule has 2 N–H and O–H groups in total. The van der Waals surface area contributed by atoms with Gasteiger partial charge in [0.1, 0.15) is 0 Å². The fourth-order valence-electron chi connectivity index (χ4n) is 1.36. The number of benzene rings is 1. The lowest BCUT2D eigenvalue weighted by Gasteiger charge is -2.10. The molecule has 0 aliphatic heterocycles. The zero-order chi connectivity index (χ0) is 10.6. The van der Waals surface area contributed by atoms with E-state index >= 15 is 0 Å². The minimum atomic E-state index is -0.310. The summed E-state index contributed by atoms with van der Waals surface area (Å²) < 4.78 is 18.2. The van der Waals surface area contributed by atoms with Crippen molar-refractivity contribution in [3.8, 4) is 5.75 Å². The van der Waals surface area contributed by atoms with Crippen molar-refractivity contribution < 1.29 is 9.13 Å². The molecular formula is C11H16FNO. The molecule has 0 aliphatic rings. The predicted molar refractivity (Wildman–Crippen MR) is 54.9 cm³/mol. The number of rotatable bonds is 4. The zero-order valence-corrected chi connectivity index (χ0v) is 8.59. The number of aryl methyl sites for hydroxylation is 1. The van der Waals surface area contributed by atoms with Gasteiger partial charge in [-0.1, -0.05) is 12.1 Å². The first kappa shape index (κ1) is 11.0. The van der Waals surface area contributed by atoms with Gasteiger partial charge in [0.15, 0.2) is 11.6 Å². The molecule has 0 aliphatic carbocycles. The highest BCUT2D eigenvalue weighted by Gasteiger charge is 2.08. The summed E-state index contributed by atoms with van der Waals surface area (Å²) in [4.78, 5) is 0. The van der Waals surface area contributed by atoms with Crippen molar-refractivity contribution in [3.63, 3.8) is 0 Å². The maximum absolute atomic E-state index is 13.2. The van der Waals surface area contributed by atoms with Crippen LogP contribution in [0.5, 0.6) is 5.75 Å². The fraction of sp³-hybridized carbons (Fsp3) is 0.455. The van der Waals surface area contributed by atoms with Gasteiger partial charge in [-0.3, -0.25) is 0 Å². The van der Waals surface area contributed by atoms with Crippen LogP contribution in [0.2, 0.25) is 0 Å². The first-order valence-corrected chi connectivity index (χ1v) is 4.72. The maximum atomic E-state index is 13.2. The number of ether oxygens (including phenoxy) is 1. The van der Waals surface area contributed by atoms with Gasteiger partial charge in [0.05, 0.1) is 7.11 Å². The molecule has 14 heavy (non-hydrogen) atoms. The molecule has 3 heteroatoms. The molecule has 0 fully saturated rings. The maximum Gasteiger partial charge on any atom is 0.165 e. The monoisotopic (exact) mass is 197 g/mol. The van der Waals surface area contributed by atoms with E-state index < -0.39 is 0 Å². The third-order valence-electron chi connectivity index (χ3n) is 2.12. The van der Waals surface area contributed by atoms with Crippen molar-refractivity contribution in [3.05, 3.63) is 29.6 Å². The second kappa shape index (κ2) is 4.96. The molecule has 1 aromatic rings. The quantitative estimate of drug-likeness (QED) is 0.802. The van der Waals surface area contributed by atoms with Gasteiger partial charge in [-0.05, 0) is 31.4 Å². The Bertz CT molecular complexity index is 299. The standard InChI is InChI=1S/C11H16FNO/c1-8(13)6-7-9-4-3-5-10(12)11(9)14-2/h3-5,8H,6-7,13H2,1-2H3/t8-/m0/s1. The third-order valence-corrected chi connectivity index (χ3v) is 2.12. The van der Waals surface area contributed by atoms with E-state index in [0.29, 0.717) is 5.75 Å². The number of halogens is 1. The van der Waals surface area contributed by atoms with Gasteiger partial charge < -0.3 is 10.5 Å². The smallest absolute Gasteiger partial charge is 0.165 e. The Labute approximate surface area is 83.9 Å². The second-order valence-corrected chi connectivity index (χ2v) is 3.45. The van der Waals surface area contributed by atoms with E-state index in [1.165, 1.54) is 13.2 Å². The molecule has 0 bridgehead atoms. The van der Waals surface area contributed by atoms with Crippen LogP contribution in [-0.2, 0) is 6.42 Å². The number of hydrogen-bond donors (Lipinski definition) is 1. The molecule has 1 rings (SSSR count). The van der Waals surface area contributed by atoms with Gasteiger partial charge in [-0.2, -0.15) is 0 Å². The van der Waals surface area contributed by atoms with Crippen molar-refractivity contribution in [2.24, 2.45) is 5.73 Å². The highest BCUT2D eigenvalue weighted by atomic mass is 19.1. The molecule has 1 aromatic carbocycles. The van der Waals surface area contributed by atoms with Crippen LogP contribution in [0.3, 0.4) is 0 Å². The lowest BCUT2D eigenvalue weighted by atomic mass is 10.1. The number of para-hydroxylation sites is 1. The van der Waals surface area contributed by atoms with E-state index in [2.05, 4.69) is 0 Å². The molecule has 0 amide bonds. The average Bonchev–Trinajstić information content (AvgIpc) is 2.14. The lowest BCUT2D eigenvalue weighted by Crippen LogP contribution is -2.15. The molecule has 78 valence electrons. The summed E-state index contributed by atoms with van der Waals surface area (Å²) in [5.74, 6) is 0.0304. The molecule has 0 radical (unpaired) electrons. The summed E-state index contributed by atoms with van der Waals surface area (Å²) >= 11 is 0. The SMILES string of the molecule is COc1c(F)cccc1CC[C@H](C)N. The Balaban J connectivity index is 2.80. The first-order chi connectivity index (χ1) is 6.65. The van der Waals surface area contributed by atoms with Crippen molar-refractivity contribution in [2.45, 2.75) is 25.8 Å². The third kappa shape index (κ3) is 2.70. The molecule has 0 unspecified atom stereocenters. The van der Waals surface area contributed by atoms with Crippen LogP contribution in [0.4, 0.5) is 4.39 Å². The Morgan fingerprint density at radius 2 is 2.21 bits per heavy atom. The van der Waals surface area contributed by atoms with Crippen LogP contribution in [0.15, 0.2) is 18.2 Å². The van der Waals surface area contributed by atoms with Crippen LogP contribution in [-0.4, -0.2) is 13.2 Å². The molecule has 0 spiro atoms. The normalized spacial score (nSPS) is 12.6. The average molecular weight is 197 g/mol. The van der Waals surface area contributed by atoms with Gasteiger partial charge in [0.25, 0.3) is 0 Å². The molecule has 0 saturated carbocycles. The Morgan fingerprint density at radius 3 is 2.79 bits per heavy atom. The summed E-state index contributed by atoms with van der Waals surface area (Å²) in [5.41, 5.74) is 6.51. The van der Waals surface area contributed by atoms with E-state index in [-0.39, 0.29) is 11.9 Å². The van der Waals surface area contributed by atoms with Crippen molar-refractivity contribution in [1.29, 1.82) is 0 Å². The van der Waals surface area contributed by atoms with Crippen LogP contribution in [0.25, 0.3) is 0 Å². The van der Waals surface area contributed by atoms with E-state index in [4.69, 9.17) is 10.5 Å². The Kier molecular flexibility index (Phi) is 3.89. The van der Waals surface area contributed by atoms with Gasteiger partial charge >= 0.3 is 0 Å². The van der Waals surface area contributed by atoms with Crippen molar-refractivity contribution >= 4 is 0 Å². The van der Waals surface area contributed by atoms with Crippen LogP contribution in [0.1, 0.15) is 18.9 Å². The minimum absolute atomic E-state index is 0.128. The summed E-state index contributed by atoms with van der Waals surface area (Å²) in [7, 11) is 1.48. The van der Waals surface area contributed by atoms with Crippen LogP contribution < -0.4 is 10.5 Å². The van der Waals surface area contributed by atoms with Gasteiger partial charge in [0.2, 0.25) is 0 Å². The molecular weight excluding hydrogens is 181 g/mol. The zero-order valence-electron chi connectivity index (χ0n) is 8.59. The largest absolute Gasteiger partial charge is 0.493 e. The predicted octanol–water partition coefficient (Wildman–Crippen LogP) is 2.11. The molecule has 0 aromatic heterocycles. The minimum Gasteiger partial charge on any atom is -0.493 e. The van der Waals surface area contributed by atoms with Crippen molar-refractivity contribution in [2.75, 3.05) is 7.11 Å².